The molecule has 0 aliphatic carbocycles. The SMILES string of the molecule is CC(C)C(=O)NC(c1ccc(OC(F)F)cc1)c1ccc2cccnc2c1O. The van der Waals surface area contributed by atoms with Crippen molar-refractivity contribution < 1.29 is 23.4 Å². The molecule has 1 atom stereocenters. The van der Waals surface area contributed by atoms with Crippen molar-refractivity contribution in [3.63, 3.8) is 0 Å². The summed E-state index contributed by atoms with van der Waals surface area (Å²) in [6.45, 7) is 0.597. The zero-order valence-corrected chi connectivity index (χ0v) is 15.4. The molecule has 0 spiro atoms. The molecule has 1 heterocycles. The van der Waals surface area contributed by atoms with Gasteiger partial charge in [0.1, 0.15) is 17.0 Å². The van der Waals surface area contributed by atoms with Gasteiger partial charge in [-0.3, -0.25) is 9.78 Å². The van der Waals surface area contributed by atoms with E-state index in [1.807, 2.05) is 6.07 Å². The van der Waals surface area contributed by atoms with Gasteiger partial charge >= 0.3 is 6.61 Å². The van der Waals surface area contributed by atoms with Crippen molar-refractivity contribution in [2.75, 3.05) is 0 Å². The number of carbonyl (C=O) groups excluding carboxylic acids is 1. The van der Waals surface area contributed by atoms with Crippen LogP contribution in [-0.2, 0) is 4.79 Å². The van der Waals surface area contributed by atoms with Crippen LogP contribution in [0.5, 0.6) is 11.5 Å². The van der Waals surface area contributed by atoms with Crippen LogP contribution in [0.4, 0.5) is 8.78 Å². The number of pyridine rings is 1. The van der Waals surface area contributed by atoms with Gasteiger partial charge in [0.15, 0.2) is 0 Å². The lowest BCUT2D eigenvalue weighted by molar-refractivity contribution is -0.124. The molecule has 0 fully saturated rings. The minimum Gasteiger partial charge on any atom is -0.505 e. The molecule has 0 radical (unpaired) electrons. The lowest BCUT2D eigenvalue weighted by atomic mass is 9.95. The smallest absolute Gasteiger partial charge is 0.387 e. The molecule has 1 unspecified atom stereocenters. The second-order valence-corrected chi connectivity index (χ2v) is 6.62. The molecule has 146 valence electrons. The number of rotatable bonds is 6. The summed E-state index contributed by atoms with van der Waals surface area (Å²) in [4.78, 5) is 16.6. The lowest BCUT2D eigenvalue weighted by Gasteiger charge is -2.22. The van der Waals surface area contributed by atoms with Crippen LogP contribution in [0.2, 0.25) is 0 Å². The lowest BCUT2D eigenvalue weighted by Crippen LogP contribution is -2.32. The van der Waals surface area contributed by atoms with Gasteiger partial charge in [-0.25, -0.2) is 0 Å². The molecule has 1 amide bonds. The molecule has 0 aliphatic rings. The van der Waals surface area contributed by atoms with Crippen molar-refractivity contribution in [2.24, 2.45) is 5.92 Å². The maximum atomic E-state index is 12.4. The Balaban J connectivity index is 2.04. The van der Waals surface area contributed by atoms with Gasteiger partial charge < -0.3 is 15.2 Å². The van der Waals surface area contributed by atoms with Gasteiger partial charge in [0, 0.05) is 23.1 Å². The molecule has 7 heteroatoms. The first kappa shape index (κ1) is 19.5. The first-order valence-corrected chi connectivity index (χ1v) is 8.78. The molecule has 1 aromatic heterocycles. The largest absolute Gasteiger partial charge is 0.505 e. The summed E-state index contributed by atoms with van der Waals surface area (Å²) in [7, 11) is 0. The number of nitrogens with one attached hydrogen (secondary N) is 1. The fraction of sp³-hybridized carbons (Fsp3) is 0.238. The number of hydrogen-bond donors (Lipinski definition) is 2. The molecule has 0 aliphatic heterocycles. The number of ether oxygens (including phenoxy) is 1. The van der Waals surface area contributed by atoms with E-state index in [0.717, 1.165) is 5.39 Å². The Kier molecular flexibility index (Phi) is 5.73. The Labute approximate surface area is 161 Å². The average molecular weight is 386 g/mol. The second-order valence-electron chi connectivity index (χ2n) is 6.62. The number of phenols is 1. The molecular weight excluding hydrogens is 366 g/mol. The van der Waals surface area contributed by atoms with E-state index in [9.17, 15) is 18.7 Å². The van der Waals surface area contributed by atoms with Gasteiger partial charge in [0.05, 0.1) is 6.04 Å². The van der Waals surface area contributed by atoms with Crippen molar-refractivity contribution in [1.82, 2.24) is 10.3 Å². The van der Waals surface area contributed by atoms with E-state index in [4.69, 9.17) is 0 Å². The van der Waals surface area contributed by atoms with Crippen molar-refractivity contribution in [3.05, 3.63) is 65.9 Å². The monoisotopic (exact) mass is 386 g/mol. The van der Waals surface area contributed by atoms with Crippen LogP contribution in [-0.4, -0.2) is 22.6 Å². The highest BCUT2D eigenvalue weighted by atomic mass is 19.3. The predicted octanol–water partition coefficient (Wildman–Crippen LogP) is 4.40. The van der Waals surface area contributed by atoms with E-state index in [1.165, 1.54) is 12.1 Å². The Hall–Kier alpha value is -3.22. The highest BCUT2D eigenvalue weighted by molar-refractivity contribution is 5.86. The number of amides is 1. The van der Waals surface area contributed by atoms with Crippen LogP contribution in [0.25, 0.3) is 10.9 Å². The van der Waals surface area contributed by atoms with Crippen LogP contribution in [0.15, 0.2) is 54.7 Å². The molecule has 3 aromatic rings. The van der Waals surface area contributed by atoms with E-state index in [2.05, 4.69) is 15.0 Å². The minimum absolute atomic E-state index is 0.0112. The predicted molar refractivity (Wildman–Crippen MR) is 101 cm³/mol. The van der Waals surface area contributed by atoms with E-state index in [1.54, 1.807) is 50.4 Å². The number of alkyl halides is 2. The second kappa shape index (κ2) is 8.21. The average Bonchev–Trinajstić information content (AvgIpc) is 2.67. The molecule has 3 rings (SSSR count). The van der Waals surface area contributed by atoms with Gasteiger partial charge in [-0.1, -0.05) is 44.2 Å². The maximum absolute atomic E-state index is 12.4. The van der Waals surface area contributed by atoms with Crippen LogP contribution in [0.3, 0.4) is 0 Å². The maximum Gasteiger partial charge on any atom is 0.387 e. The van der Waals surface area contributed by atoms with E-state index < -0.39 is 12.7 Å². The Morgan fingerprint density at radius 2 is 1.82 bits per heavy atom. The van der Waals surface area contributed by atoms with Gasteiger partial charge in [-0.05, 0) is 23.8 Å². The summed E-state index contributed by atoms with van der Waals surface area (Å²) in [5, 5.41) is 14.4. The third kappa shape index (κ3) is 4.19. The van der Waals surface area contributed by atoms with E-state index in [0.29, 0.717) is 16.6 Å². The summed E-state index contributed by atoms with van der Waals surface area (Å²) in [6.07, 6.45) is 1.57. The normalized spacial score (nSPS) is 12.4. The minimum atomic E-state index is -2.92. The fourth-order valence-electron chi connectivity index (χ4n) is 2.87. The molecule has 5 nitrogen and oxygen atoms in total. The molecule has 0 saturated heterocycles. The summed E-state index contributed by atoms with van der Waals surface area (Å²) in [5.41, 5.74) is 1.49. The Morgan fingerprint density at radius 3 is 2.46 bits per heavy atom. The molecule has 28 heavy (non-hydrogen) atoms. The zero-order chi connectivity index (χ0) is 20.3. The molecule has 0 saturated carbocycles. The zero-order valence-electron chi connectivity index (χ0n) is 15.4. The standard InChI is InChI=1S/C21H20F2N2O3/c1-12(2)20(27)25-17(14-5-8-15(9-6-14)28-21(22)23)16-10-7-13-4-3-11-24-18(13)19(16)26/h3-12,17,21,26H,1-2H3,(H,25,27). The number of halogens is 2. The van der Waals surface area contributed by atoms with Crippen LogP contribution in [0, 0.1) is 5.92 Å². The first-order valence-electron chi connectivity index (χ1n) is 8.78. The summed E-state index contributed by atoms with van der Waals surface area (Å²) < 4.78 is 29.2. The van der Waals surface area contributed by atoms with Gasteiger partial charge in [0.25, 0.3) is 0 Å². The van der Waals surface area contributed by atoms with Crippen molar-refractivity contribution in [3.8, 4) is 11.5 Å². The third-order valence-electron chi connectivity index (χ3n) is 4.34. The van der Waals surface area contributed by atoms with Gasteiger partial charge in [-0.2, -0.15) is 8.78 Å². The fourth-order valence-corrected chi connectivity index (χ4v) is 2.87. The van der Waals surface area contributed by atoms with Crippen LogP contribution < -0.4 is 10.1 Å². The number of benzene rings is 2. The Morgan fingerprint density at radius 1 is 1.11 bits per heavy atom. The van der Waals surface area contributed by atoms with Crippen LogP contribution in [0.1, 0.15) is 31.0 Å². The molecule has 0 bridgehead atoms. The first-order chi connectivity index (χ1) is 13.4. The highest BCUT2D eigenvalue weighted by Gasteiger charge is 2.23. The van der Waals surface area contributed by atoms with Crippen LogP contribution >= 0.6 is 0 Å². The molecular formula is C21H20F2N2O3. The third-order valence-corrected chi connectivity index (χ3v) is 4.34. The quantitative estimate of drug-likeness (QED) is 0.659. The van der Waals surface area contributed by atoms with Crippen molar-refractivity contribution in [2.45, 2.75) is 26.5 Å². The molecule has 2 N–H and O–H groups in total. The van der Waals surface area contributed by atoms with E-state index in [-0.39, 0.29) is 23.3 Å². The van der Waals surface area contributed by atoms with Gasteiger partial charge in [-0.15, -0.1) is 0 Å². The number of hydrogen-bond acceptors (Lipinski definition) is 4. The highest BCUT2D eigenvalue weighted by Crippen LogP contribution is 2.35. The number of nitrogens with zero attached hydrogens (tertiary/aromatic N) is 1. The van der Waals surface area contributed by atoms with Gasteiger partial charge in [0.2, 0.25) is 5.91 Å². The summed E-state index contributed by atoms with van der Waals surface area (Å²) in [6, 6.07) is 12.4. The Bertz CT molecular complexity index is 975. The number of aromatic hydroxyl groups is 1. The summed E-state index contributed by atoms with van der Waals surface area (Å²) in [5.74, 6) is -0.514. The molecule has 2 aromatic carbocycles. The topological polar surface area (TPSA) is 71.5 Å². The van der Waals surface area contributed by atoms with Crippen molar-refractivity contribution >= 4 is 16.8 Å². The summed E-state index contributed by atoms with van der Waals surface area (Å²) >= 11 is 0. The van der Waals surface area contributed by atoms with E-state index >= 15 is 0 Å². The number of phenolic OH excluding ortho intramolecular Hbond substituents is 1. The van der Waals surface area contributed by atoms with Crippen molar-refractivity contribution in [1.29, 1.82) is 0 Å². The number of aromatic nitrogens is 1. The number of fused-ring (bicyclic) bond motifs is 1. The number of carbonyl (C=O) groups is 1.